The molecule has 2 aromatic rings. The summed E-state index contributed by atoms with van der Waals surface area (Å²) in [5.41, 5.74) is 7.01. The van der Waals surface area contributed by atoms with Crippen LogP contribution in [0.2, 0.25) is 0 Å². The van der Waals surface area contributed by atoms with E-state index in [0.29, 0.717) is 11.4 Å². The number of hydrogen-bond donors (Lipinski definition) is 8. The van der Waals surface area contributed by atoms with Gasteiger partial charge in [0.15, 0.2) is 0 Å². The van der Waals surface area contributed by atoms with Crippen LogP contribution in [0.15, 0.2) is 25.0 Å². The lowest BCUT2D eigenvalue weighted by atomic mass is 10.0. The van der Waals surface area contributed by atoms with Crippen molar-refractivity contribution in [2.24, 2.45) is 11.7 Å². The van der Waals surface area contributed by atoms with Gasteiger partial charge in [-0.2, -0.15) is 0 Å². The molecule has 0 bridgehead atoms. The smallest absolute Gasteiger partial charge is 0.326 e. The topological polar surface area (TPSA) is 245 Å². The van der Waals surface area contributed by atoms with Crippen molar-refractivity contribution in [2.75, 3.05) is 0 Å². The van der Waals surface area contributed by atoms with E-state index in [1.54, 1.807) is 13.8 Å². The van der Waals surface area contributed by atoms with Gasteiger partial charge in [-0.05, 0) is 18.8 Å². The van der Waals surface area contributed by atoms with Crippen molar-refractivity contribution in [2.45, 2.75) is 70.1 Å². The molecule has 0 aliphatic heterocycles. The minimum absolute atomic E-state index is 0.0290. The molecule has 0 aliphatic carbocycles. The first kappa shape index (κ1) is 30.0. The maximum absolute atomic E-state index is 13.2. The number of imidazole rings is 2. The number of aliphatic carboxylic acids is 2. The Hall–Kier alpha value is -4.27. The summed E-state index contributed by atoms with van der Waals surface area (Å²) in [6.07, 6.45) is 5.20. The van der Waals surface area contributed by atoms with Gasteiger partial charge in [-0.25, -0.2) is 14.8 Å². The van der Waals surface area contributed by atoms with Gasteiger partial charge >= 0.3 is 11.9 Å². The Labute approximate surface area is 218 Å². The Morgan fingerprint density at radius 2 is 1.37 bits per heavy atom. The minimum Gasteiger partial charge on any atom is -0.481 e. The third kappa shape index (κ3) is 10.0. The maximum Gasteiger partial charge on any atom is 0.326 e. The van der Waals surface area contributed by atoms with Gasteiger partial charge in [0.05, 0.1) is 18.7 Å². The Kier molecular flexibility index (Phi) is 11.4. The molecule has 15 heteroatoms. The van der Waals surface area contributed by atoms with E-state index in [-0.39, 0.29) is 31.6 Å². The summed E-state index contributed by atoms with van der Waals surface area (Å²) in [6, 6.07) is -4.83. The molecule has 0 fully saturated rings. The van der Waals surface area contributed by atoms with E-state index in [0.717, 1.165) is 0 Å². The van der Waals surface area contributed by atoms with Crippen LogP contribution < -0.4 is 21.7 Å². The normalized spacial score (nSPS) is 14.2. The standard InChI is InChI=1S/C23H34N8O7/c1-12(2)5-18(23(37)38)31-22(36)17(7-14-9-26-11-28-14)30-21(35)16(3-4-19(32)33)29-20(34)15(24)6-13-8-25-10-27-13/h8-12,15-18H,3-7,24H2,1-2H3,(H,25,27)(H,26,28)(H,29,34)(H,30,35)(H,31,36)(H,32,33)(H,37,38). The molecule has 38 heavy (non-hydrogen) atoms. The summed E-state index contributed by atoms with van der Waals surface area (Å²) in [6.45, 7) is 3.61. The first-order chi connectivity index (χ1) is 18.0. The Balaban J connectivity index is 2.18. The van der Waals surface area contributed by atoms with Crippen molar-refractivity contribution in [1.29, 1.82) is 0 Å². The van der Waals surface area contributed by atoms with Gasteiger partial charge in [0.1, 0.15) is 18.1 Å². The molecule has 15 nitrogen and oxygen atoms in total. The lowest BCUT2D eigenvalue weighted by molar-refractivity contribution is -0.142. The van der Waals surface area contributed by atoms with Gasteiger partial charge < -0.3 is 41.9 Å². The third-order valence-electron chi connectivity index (χ3n) is 5.54. The molecular formula is C23H34N8O7. The predicted octanol–water partition coefficient (Wildman–Crippen LogP) is -1.30. The van der Waals surface area contributed by atoms with Gasteiger partial charge in [-0.15, -0.1) is 0 Å². The number of rotatable bonds is 16. The van der Waals surface area contributed by atoms with E-state index in [2.05, 4.69) is 35.9 Å². The summed E-state index contributed by atoms with van der Waals surface area (Å²) in [4.78, 5) is 75.1. The van der Waals surface area contributed by atoms with Crippen molar-refractivity contribution in [3.05, 3.63) is 36.4 Å². The largest absolute Gasteiger partial charge is 0.481 e. The van der Waals surface area contributed by atoms with E-state index < -0.39 is 60.2 Å². The maximum atomic E-state index is 13.2. The molecule has 2 rings (SSSR count). The zero-order valence-corrected chi connectivity index (χ0v) is 21.1. The number of nitrogens with two attached hydrogens (primary N) is 1. The molecule has 0 saturated carbocycles. The van der Waals surface area contributed by atoms with E-state index >= 15 is 0 Å². The number of nitrogens with one attached hydrogen (secondary N) is 5. The van der Waals surface area contributed by atoms with Gasteiger partial charge in [-0.3, -0.25) is 19.2 Å². The number of H-pyrrole nitrogens is 2. The Morgan fingerprint density at radius 1 is 0.842 bits per heavy atom. The molecule has 3 amide bonds. The zero-order chi connectivity index (χ0) is 28.2. The summed E-state index contributed by atoms with van der Waals surface area (Å²) in [5, 5.41) is 26.0. The second-order valence-electron chi connectivity index (χ2n) is 9.25. The molecule has 208 valence electrons. The summed E-state index contributed by atoms with van der Waals surface area (Å²) >= 11 is 0. The summed E-state index contributed by atoms with van der Waals surface area (Å²) in [7, 11) is 0. The highest BCUT2D eigenvalue weighted by Gasteiger charge is 2.31. The number of carbonyl (C=O) groups excluding carboxylic acids is 3. The number of nitrogens with zero attached hydrogens (tertiary/aromatic N) is 2. The van der Waals surface area contributed by atoms with Crippen molar-refractivity contribution in [3.8, 4) is 0 Å². The molecule has 0 spiro atoms. The van der Waals surface area contributed by atoms with E-state index in [1.807, 2.05) is 0 Å². The lowest BCUT2D eigenvalue weighted by Crippen LogP contribution is -2.58. The zero-order valence-electron chi connectivity index (χ0n) is 21.1. The van der Waals surface area contributed by atoms with Crippen LogP contribution in [-0.4, -0.2) is 84.0 Å². The van der Waals surface area contributed by atoms with Gasteiger partial charge in [0, 0.05) is 43.0 Å². The van der Waals surface area contributed by atoms with Crippen LogP contribution >= 0.6 is 0 Å². The number of carbonyl (C=O) groups is 5. The minimum atomic E-state index is -1.32. The number of aromatic nitrogens is 4. The second-order valence-corrected chi connectivity index (χ2v) is 9.25. The van der Waals surface area contributed by atoms with Crippen molar-refractivity contribution < 1.29 is 34.2 Å². The van der Waals surface area contributed by atoms with E-state index in [4.69, 9.17) is 10.8 Å². The fraction of sp³-hybridized carbons (Fsp3) is 0.522. The van der Waals surface area contributed by atoms with Crippen molar-refractivity contribution in [3.63, 3.8) is 0 Å². The highest BCUT2D eigenvalue weighted by molar-refractivity contribution is 5.94. The van der Waals surface area contributed by atoms with Crippen LogP contribution in [0.1, 0.15) is 44.5 Å². The SMILES string of the molecule is CC(C)CC(NC(=O)C(Cc1cnc[nH]1)NC(=O)C(CCC(=O)O)NC(=O)C(N)Cc1cnc[nH]1)C(=O)O. The lowest BCUT2D eigenvalue weighted by Gasteiger charge is -2.25. The van der Waals surface area contributed by atoms with E-state index in [1.165, 1.54) is 25.0 Å². The number of carboxylic acid groups (broad SMARTS) is 2. The van der Waals surface area contributed by atoms with E-state index in [9.17, 15) is 29.1 Å². The molecule has 4 atom stereocenters. The number of aromatic amines is 2. The molecular weight excluding hydrogens is 500 g/mol. The Bertz CT molecular complexity index is 1070. The monoisotopic (exact) mass is 534 g/mol. The van der Waals surface area contributed by atoms with Gasteiger partial charge in [0.2, 0.25) is 17.7 Å². The molecule has 0 aromatic carbocycles. The van der Waals surface area contributed by atoms with Crippen LogP contribution in [0.4, 0.5) is 0 Å². The third-order valence-corrected chi connectivity index (χ3v) is 5.54. The number of amides is 3. The average Bonchev–Trinajstić information content (AvgIpc) is 3.54. The van der Waals surface area contributed by atoms with Crippen molar-refractivity contribution >= 4 is 29.7 Å². The molecule has 4 unspecified atom stereocenters. The summed E-state index contributed by atoms with van der Waals surface area (Å²) < 4.78 is 0. The fourth-order valence-corrected chi connectivity index (χ4v) is 3.60. The Morgan fingerprint density at radius 3 is 1.87 bits per heavy atom. The highest BCUT2D eigenvalue weighted by Crippen LogP contribution is 2.08. The molecule has 2 heterocycles. The molecule has 0 radical (unpaired) electrons. The van der Waals surface area contributed by atoms with Crippen LogP contribution in [0.5, 0.6) is 0 Å². The van der Waals surface area contributed by atoms with Gasteiger partial charge in [-0.1, -0.05) is 13.8 Å². The molecule has 9 N–H and O–H groups in total. The number of carboxylic acids is 2. The highest BCUT2D eigenvalue weighted by atomic mass is 16.4. The quantitative estimate of drug-likeness (QED) is 0.126. The molecule has 0 aliphatic rings. The van der Waals surface area contributed by atoms with Crippen molar-refractivity contribution in [1.82, 2.24) is 35.9 Å². The average molecular weight is 535 g/mol. The number of hydrogen-bond acceptors (Lipinski definition) is 8. The summed E-state index contributed by atoms with van der Waals surface area (Å²) in [5.74, 6) is -4.75. The first-order valence-corrected chi connectivity index (χ1v) is 12.0. The fourth-order valence-electron chi connectivity index (χ4n) is 3.60. The molecule has 0 saturated heterocycles. The van der Waals surface area contributed by atoms with Crippen LogP contribution in [0.3, 0.4) is 0 Å². The second kappa shape index (κ2) is 14.5. The van der Waals surface area contributed by atoms with Crippen LogP contribution in [-0.2, 0) is 36.8 Å². The first-order valence-electron chi connectivity index (χ1n) is 12.0. The van der Waals surface area contributed by atoms with Gasteiger partial charge in [0.25, 0.3) is 0 Å². The predicted molar refractivity (Wildman–Crippen MR) is 132 cm³/mol. The molecule has 2 aromatic heterocycles. The van der Waals surface area contributed by atoms with Crippen LogP contribution in [0, 0.1) is 5.92 Å². The van der Waals surface area contributed by atoms with Crippen LogP contribution in [0.25, 0.3) is 0 Å².